The molecule has 0 unspecified atom stereocenters. The quantitative estimate of drug-likeness (QED) is 0.674. The number of nitrogens with zero attached hydrogens (tertiary/aromatic N) is 4. The largest absolute Gasteiger partial charge is 0.479 e. The molecule has 1 N–H and O–H groups in total. The van der Waals surface area contributed by atoms with Crippen LogP contribution >= 0.6 is 11.6 Å². The Balaban J connectivity index is 1.40. The van der Waals surface area contributed by atoms with Crippen molar-refractivity contribution in [3.8, 4) is 5.88 Å². The molecule has 8 nitrogen and oxygen atoms in total. The zero-order valence-corrected chi connectivity index (χ0v) is 17.9. The predicted octanol–water partition coefficient (Wildman–Crippen LogP) is 1.67. The van der Waals surface area contributed by atoms with E-state index in [9.17, 15) is 9.59 Å². The van der Waals surface area contributed by atoms with E-state index in [1.54, 1.807) is 35.0 Å². The average Bonchev–Trinajstić information content (AvgIpc) is 3.14. The van der Waals surface area contributed by atoms with Crippen LogP contribution in [0.5, 0.6) is 5.88 Å². The van der Waals surface area contributed by atoms with Crippen LogP contribution in [0.3, 0.4) is 0 Å². The van der Waals surface area contributed by atoms with Gasteiger partial charge in [-0.2, -0.15) is 0 Å². The van der Waals surface area contributed by atoms with Gasteiger partial charge in [0.15, 0.2) is 0 Å². The van der Waals surface area contributed by atoms with Crippen LogP contribution in [0, 0.1) is 0 Å². The van der Waals surface area contributed by atoms with Gasteiger partial charge in [-0.15, -0.1) is 5.10 Å². The van der Waals surface area contributed by atoms with Crippen molar-refractivity contribution < 1.29 is 14.3 Å². The van der Waals surface area contributed by atoms with Crippen LogP contribution in [0.25, 0.3) is 6.08 Å². The standard InChI is InChI=1S/C21H26ClN5O3/c1-25-15-17(20(24-25)30-2)21(29)27-13-11-26(12-14-27)10-9-23-19(28)8-7-16-5-3-4-6-18(16)22/h3-8,15H,9-14H2,1-2H3,(H,23,28)/b8-7+. The summed E-state index contributed by atoms with van der Waals surface area (Å²) in [5.41, 5.74) is 1.28. The Hall–Kier alpha value is -2.84. The number of halogens is 1. The summed E-state index contributed by atoms with van der Waals surface area (Å²) in [5, 5.41) is 7.63. The van der Waals surface area contributed by atoms with Gasteiger partial charge in [-0.3, -0.25) is 19.2 Å². The molecule has 0 bridgehead atoms. The number of aromatic nitrogens is 2. The van der Waals surface area contributed by atoms with Gasteiger partial charge < -0.3 is 15.0 Å². The van der Waals surface area contributed by atoms with E-state index in [-0.39, 0.29) is 11.8 Å². The number of ether oxygens (including phenoxy) is 1. The molecule has 2 heterocycles. The number of methoxy groups -OCH3 is 1. The van der Waals surface area contributed by atoms with Gasteiger partial charge in [0.25, 0.3) is 5.91 Å². The van der Waals surface area contributed by atoms with E-state index in [4.69, 9.17) is 16.3 Å². The first kappa shape index (κ1) is 21.9. The van der Waals surface area contributed by atoms with Gasteiger partial charge >= 0.3 is 0 Å². The molecule has 30 heavy (non-hydrogen) atoms. The minimum atomic E-state index is -0.160. The summed E-state index contributed by atoms with van der Waals surface area (Å²) in [5.74, 6) is 0.113. The number of carbonyl (C=O) groups excluding carboxylic acids is 2. The van der Waals surface area contributed by atoms with E-state index in [1.165, 1.54) is 13.2 Å². The molecule has 2 aromatic rings. The molecule has 1 aromatic carbocycles. The molecule has 0 aliphatic carbocycles. The van der Waals surface area contributed by atoms with Gasteiger partial charge in [-0.1, -0.05) is 29.8 Å². The lowest BCUT2D eigenvalue weighted by atomic mass is 10.2. The Morgan fingerprint density at radius 3 is 2.67 bits per heavy atom. The summed E-state index contributed by atoms with van der Waals surface area (Å²) in [4.78, 5) is 28.7. The molecule has 160 valence electrons. The lowest BCUT2D eigenvalue weighted by Gasteiger charge is -2.34. The van der Waals surface area contributed by atoms with E-state index >= 15 is 0 Å². The summed E-state index contributed by atoms with van der Waals surface area (Å²) >= 11 is 6.08. The average molecular weight is 432 g/mol. The third-order valence-electron chi connectivity index (χ3n) is 4.92. The molecule has 2 amide bonds. The highest BCUT2D eigenvalue weighted by molar-refractivity contribution is 6.32. The number of piperazine rings is 1. The van der Waals surface area contributed by atoms with Crippen LogP contribution in [-0.4, -0.2) is 77.8 Å². The van der Waals surface area contributed by atoms with Crippen molar-refractivity contribution in [2.24, 2.45) is 7.05 Å². The number of benzene rings is 1. The minimum absolute atomic E-state index is 0.0717. The minimum Gasteiger partial charge on any atom is -0.479 e. The summed E-state index contributed by atoms with van der Waals surface area (Å²) in [6.07, 6.45) is 4.87. The van der Waals surface area contributed by atoms with Gasteiger partial charge in [0.05, 0.1) is 7.11 Å². The van der Waals surface area contributed by atoms with E-state index < -0.39 is 0 Å². The van der Waals surface area contributed by atoms with Gasteiger partial charge in [0, 0.05) is 63.6 Å². The Morgan fingerprint density at radius 1 is 1.23 bits per heavy atom. The highest BCUT2D eigenvalue weighted by Crippen LogP contribution is 2.18. The normalized spacial score (nSPS) is 14.8. The highest BCUT2D eigenvalue weighted by Gasteiger charge is 2.25. The molecular formula is C21H26ClN5O3. The molecule has 0 radical (unpaired) electrons. The molecule has 9 heteroatoms. The van der Waals surface area contributed by atoms with Crippen LogP contribution in [-0.2, 0) is 11.8 Å². The van der Waals surface area contributed by atoms with Gasteiger partial charge in [0.2, 0.25) is 11.8 Å². The van der Waals surface area contributed by atoms with Crippen molar-refractivity contribution in [3.05, 3.63) is 52.7 Å². The van der Waals surface area contributed by atoms with Crippen molar-refractivity contribution in [2.45, 2.75) is 0 Å². The maximum atomic E-state index is 12.7. The first-order valence-electron chi connectivity index (χ1n) is 9.77. The van der Waals surface area contributed by atoms with Crippen molar-refractivity contribution in [1.82, 2.24) is 24.9 Å². The Bertz CT molecular complexity index is 919. The molecule has 1 fully saturated rings. The van der Waals surface area contributed by atoms with Crippen molar-refractivity contribution in [2.75, 3.05) is 46.4 Å². The predicted molar refractivity (Wildman–Crippen MR) is 116 cm³/mol. The molecule has 1 aliphatic rings. The Kier molecular flexibility index (Phi) is 7.48. The van der Waals surface area contributed by atoms with Crippen molar-refractivity contribution >= 4 is 29.5 Å². The number of carbonyl (C=O) groups is 2. The SMILES string of the molecule is COc1nn(C)cc1C(=O)N1CCN(CCNC(=O)/C=C/c2ccccc2Cl)CC1. The van der Waals surface area contributed by atoms with Crippen molar-refractivity contribution in [1.29, 1.82) is 0 Å². The molecular weight excluding hydrogens is 406 g/mol. The number of amides is 2. The van der Waals surface area contributed by atoms with E-state index in [1.807, 2.05) is 18.2 Å². The van der Waals surface area contributed by atoms with Crippen LogP contribution in [0.15, 0.2) is 36.5 Å². The molecule has 1 aromatic heterocycles. The molecule has 0 saturated carbocycles. The summed E-state index contributed by atoms with van der Waals surface area (Å²) < 4.78 is 6.76. The van der Waals surface area contributed by atoms with Gasteiger partial charge in [0.1, 0.15) is 5.56 Å². The first-order chi connectivity index (χ1) is 14.5. The molecule has 0 atom stereocenters. The first-order valence-corrected chi connectivity index (χ1v) is 10.2. The molecule has 0 spiro atoms. The van der Waals surface area contributed by atoms with Crippen LogP contribution in [0.4, 0.5) is 0 Å². The molecule has 3 rings (SSSR count). The van der Waals surface area contributed by atoms with Gasteiger partial charge in [-0.25, -0.2) is 0 Å². The third kappa shape index (κ3) is 5.61. The van der Waals surface area contributed by atoms with Crippen LogP contribution in [0.2, 0.25) is 5.02 Å². The fraction of sp³-hybridized carbons (Fsp3) is 0.381. The lowest BCUT2D eigenvalue weighted by molar-refractivity contribution is -0.116. The Labute approximate surface area is 181 Å². The lowest BCUT2D eigenvalue weighted by Crippen LogP contribution is -2.50. The van der Waals surface area contributed by atoms with E-state index in [0.717, 1.165) is 25.2 Å². The second kappa shape index (κ2) is 10.3. The van der Waals surface area contributed by atoms with Crippen LogP contribution in [0.1, 0.15) is 15.9 Å². The van der Waals surface area contributed by atoms with Crippen LogP contribution < -0.4 is 10.1 Å². The summed E-state index contributed by atoms with van der Waals surface area (Å²) in [6.45, 7) is 4.01. The van der Waals surface area contributed by atoms with E-state index in [2.05, 4.69) is 15.3 Å². The van der Waals surface area contributed by atoms with Crippen molar-refractivity contribution in [3.63, 3.8) is 0 Å². The third-order valence-corrected chi connectivity index (χ3v) is 5.27. The second-order valence-electron chi connectivity index (χ2n) is 7.01. The fourth-order valence-electron chi connectivity index (χ4n) is 3.28. The van der Waals surface area contributed by atoms with E-state index in [0.29, 0.717) is 36.1 Å². The highest BCUT2D eigenvalue weighted by atomic mass is 35.5. The maximum Gasteiger partial charge on any atom is 0.261 e. The maximum absolute atomic E-state index is 12.7. The molecule has 1 saturated heterocycles. The number of hydrogen-bond acceptors (Lipinski definition) is 5. The smallest absolute Gasteiger partial charge is 0.261 e. The van der Waals surface area contributed by atoms with Gasteiger partial charge in [-0.05, 0) is 17.7 Å². The fourth-order valence-corrected chi connectivity index (χ4v) is 3.48. The zero-order chi connectivity index (χ0) is 21.5. The zero-order valence-electron chi connectivity index (χ0n) is 17.2. The number of hydrogen-bond donors (Lipinski definition) is 1. The number of aryl methyl sites for hydroxylation is 1. The second-order valence-corrected chi connectivity index (χ2v) is 7.41. The number of rotatable bonds is 7. The summed E-state index contributed by atoms with van der Waals surface area (Å²) in [7, 11) is 3.27. The molecule has 1 aliphatic heterocycles. The number of nitrogens with one attached hydrogen (secondary N) is 1. The Morgan fingerprint density at radius 2 is 1.97 bits per heavy atom. The monoisotopic (exact) mass is 431 g/mol. The topological polar surface area (TPSA) is 79.7 Å². The summed E-state index contributed by atoms with van der Waals surface area (Å²) in [6, 6.07) is 7.36.